The number of nitrogens with zero attached hydrogens (tertiary/aromatic N) is 4. The van der Waals surface area contributed by atoms with Gasteiger partial charge in [0.25, 0.3) is 0 Å². The van der Waals surface area contributed by atoms with Crippen LogP contribution in [0.3, 0.4) is 0 Å². The predicted molar refractivity (Wildman–Crippen MR) is 133 cm³/mol. The van der Waals surface area contributed by atoms with E-state index in [9.17, 15) is 9.59 Å². The van der Waals surface area contributed by atoms with Crippen LogP contribution in [0, 0.1) is 0 Å². The number of rotatable bonds is 7. The fourth-order valence-corrected chi connectivity index (χ4v) is 3.84. The minimum Gasteiger partial charge on any atom is -0.497 e. The standard InChI is InChI=1S/C26H29N5O4/c1-3-35-26(33)31-15-13-30(14-16-31)18-24(32)29-25-27-22(19-7-5-4-6-8-19)17-23(28-25)20-9-11-21(34-2)12-10-20/h4-12,17H,3,13-16,18H2,1-2H3,(H,27,28,29,32). The monoisotopic (exact) mass is 475 g/mol. The van der Waals surface area contributed by atoms with Crippen LogP contribution in [0.25, 0.3) is 22.5 Å². The first-order chi connectivity index (χ1) is 17.1. The van der Waals surface area contributed by atoms with E-state index in [1.165, 1.54) is 0 Å². The van der Waals surface area contributed by atoms with E-state index < -0.39 is 0 Å². The van der Waals surface area contributed by atoms with Gasteiger partial charge in [-0.25, -0.2) is 14.8 Å². The molecule has 1 aliphatic heterocycles. The topological polar surface area (TPSA) is 96.9 Å². The molecule has 1 fully saturated rings. The number of methoxy groups -OCH3 is 1. The summed E-state index contributed by atoms with van der Waals surface area (Å²) < 4.78 is 10.3. The summed E-state index contributed by atoms with van der Waals surface area (Å²) in [6, 6.07) is 19.2. The Hall–Kier alpha value is -3.98. The van der Waals surface area contributed by atoms with Gasteiger partial charge in [0.1, 0.15) is 5.75 Å². The maximum absolute atomic E-state index is 12.8. The first-order valence-electron chi connectivity index (χ1n) is 11.6. The van der Waals surface area contributed by atoms with E-state index in [1.807, 2.05) is 65.6 Å². The third kappa shape index (κ3) is 6.33. The summed E-state index contributed by atoms with van der Waals surface area (Å²) >= 11 is 0. The third-order valence-electron chi connectivity index (χ3n) is 5.70. The van der Waals surface area contributed by atoms with Crippen molar-refractivity contribution in [3.63, 3.8) is 0 Å². The van der Waals surface area contributed by atoms with Crippen LogP contribution >= 0.6 is 0 Å². The van der Waals surface area contributed by atoms with Gasteiger partial charge in [-0.05, 0) is 37.3 Å². The Morgan fingerprint density at radius 3 is 2.14 bits per heavy atom. The SMILES string of the molecule is CCOC(=O)N1CCN(CC(=O)Nc2nc(-c3ccccc3)cc(-c3ccc(OC)cc3)n2)CC1. The highest BCUT2D eigenvalue weighted by molar-refractivity contribution is 5.91. The van der Waals surface area contributed by atoms with Gasteiger partial charge in [0.2, 0.25) is 11.9 Å². The summed E-state index contributed by atoms with van der Waals surface area (Å²) in [5, 5.41) is 2.85. The number of piperazine rings is 1. The number of amides is 2. The molecule has 9 nitrogen and oxygen atoms in total. The molecule has 3 aromatic rings. The van der Waals surface area contributed by atoms with Crippen LogP contribution in [-0.2, 0) is 9.53 Å². The first-order valence-corrected chi connectivity index (χ1v) is 11.6. The van der Waals surface area contributed by atoms with E-state index in [0.717, 1.165) is 16.9 Å². The second-order valence-electron chi connectivity index (χ2n) is 8.07. The van der Waals surface area contributed by atoms with Gasteiger partial charge in [0.15, 0.2) is 0 Å². The molecule has 0 spiro atoms. The number of ether oxygens (including phenoxy) is 2. The van der Waals surface area contributed by atoms with Crippen LogP contribution in [0.5, 0.6) is 5.75 Å². The highest BCUT2D eigenvalue weighted by Gasteiger charge is 2.23. The molecule has 0 aliphatic carbocycles. The summed E-state index contributed by atoms with van der Waals surface area (Å²) in [6.45, 7) is 4.55. The van der Waals surface area contributed by atoms with E-state index in [1.54, 1.807) is 18.9 Å². The van der Waals surface area contributed by atoms with Gasteiger partial charge in [0, 0.05) is 37.3 Å². The molecule has 2 heterocycles. The Bertz CT molecular complexity index is 1150. The number of nitrogens with one attached hydrogen (secondary N) is 1. The largest absolute Gasteiger partial charge is 0.497 e. The Labute approximate surface area is 204 Å². The van der Waals surface area contributed by atoms with Crippen molar-refractivity contribution in [1.82, 2.24) is 19.8 Å². The first kappa shape index (κ1) is 24.2. The van der Waals surface area contributed by atoms with Gasteiger partial charge in [-0.3, -0.25) is 15.0 Å². The minimum absolute atomic E-state index is 0.188. The molecule has 1 aliphatic rings. The van der Waals surface area contributed by atoms with Crippen LogP contribution in [0.4, 0.5) is 10.7 Å². The van der Waals surface area contributed by atoms with Crippen molar-refractivity contribution < 1.29 is 19.1 Å². The van der Waals surface area contributed by atoms with Crippen LogP contribution in [0.2, 0.25) is 0 Å². The third-order valence-corrected chi connectivity index (χ3v) is 5.70. The normalized spacial score (nSPS) is 13.8. The molecule has 9 heteroatoms. The van der Waals surface area contributed by atoms with E-state index in [0.29, 0.717) is 44.2 Å². The van der Waals surface area contributed by atoms with Crippen LogP contribution in [0.1, 0.15) is 6.92 Å². The summed E-state index contributed by atoms with van der Waals surface area (Å²) in [6.07, 6.45) is -0.311. The second-order valence-corrected chi connectivity index (χ2v) is 8.07. The molecule has 35 heavy (non-hydrogen) atoms. The van der Waals surface area contributed by atoms with Crippen molar-refractivity contribution in [2.45, 2.75) is 6.92 Å². The lowest BCUT2D eigenvalue weighted by molar-refractivity contribution is -0.117. The van der Waals surface area contributed by atoms with E-state index in [-0.39, 0.29) is 24.5 Å². The molecular formula is C26H29N5O4. The molecule has 1 N–H and O–H groups in total. The average molecular weight is 476 g/mol. The number of carbonyl (C=O) groups is 2. The van der Waals surface area contributed by atoms with Gasteiger partial charge in [-0.1, -0.05) is 30.3 Å². The van der Waals surface area contributed by atoms with E-state index >= 15 is 0 Å². The van der Waals surface area contributed by atoms with Crippen molar-refractivity contribution in [3.05, 3.63) is 60.7 Å². The molecule has 1 aromatic heterocycles. The molecule has 0 bridgehead atoms. The zero-order valence-electron chi connectivity index (χ0n) is 19.9. The maximum Gasteiger partial charge on any atom is 0.409 e. The summed E-state index contributed by atoms with van der Waals surface area (Å²) in [5.41, 5.74) is 3.22. The Morgan fingerprint density at radius 1 is 0.914 bits per heavy atom. The quantitative estimate of drug-likeness (QED) is 0.558. The summed E-state index contributed by atoms with van der Waals surface area (Å²) in [4.78, 5) is 37.6. The summed E-state index contributed by atoms with van der Waals surface area (Å²) in [7, 11) is 1.62. The van der Waals surface area contributed by atoms with Crippen molar-refractivity contribution >= 4 is 17.9 Å². The molecule has 0 unspecified atom stereocenters. The number of carbonyl (C=O) groups excluding carboxylic acids is 2. The number of aromatic nitrogens is 2. The summed E-state index contributed by atoms with van der Waals surface area (Å²) in [5.74, 6) is 0.787. The van der Waals surface area contributed by atoms with E-state index in [4.69, 9.17) is 9.47 Å². The number of anilines is 1. The van der Waals surface area contributed by atoms with Crippen molar-refractivity contribution in [3.8, 4) is 28.3 Å². The maximum atomic E-state index is 12.8. The number of hydrogen-bond donors (Lipinski definition) is 1. The Kier molecular flexibility index (Phi) is 7.89. The Balaban J connectivity index is 1.48. The van der Waals surface area contributed by atoms with Crippen LogP contribution < -0.4 is 10.1 Å². The van der Waals surface area contributed by atoms with Gasteiger partial charge in [-0.2, -0.15) is 0 Å². The zero-order chi connectivity index (χ0) is 24.6. The lowest BCUT2D eigenvalue weighted by Crippen LogP contribution is -2.50. The van der Waals surface area contributed by atoms with Crippen molar-refractivity contribution in [2.75, 3.05) is 51.8 Å². The molecule has 4 rings (SSSR count). The molecular weight excluding hydrogens is 446 g/mol. The molecule has 0 atom stereocenters. The molecule has 2 aromatic carbocycles. The van der Waals surface area contributed by atoms with Gasteiger partial charge < -0.3 is 14.4 Å². The van der Waals surface area contributed by atoms with Crippen molar-refractivity contribution in [2.24, 2.45) is 0 Å². The number of hydrogen-bond acceptors (Lipinski definition) is 7. The van der Waals surface area contributed by atoms with Crippen LogP contribution in [0.15, 0.2) is 60.7 Å². The highest BCUT2D eigenvalue weighted by Crippen LogP contribution is 2.26. The van der Waals surface area contributed by atoms with Gasteiger partial charge in [-0.15, -0.1) is 0 Å². The molecule has 182 valence electrons. The second kappa shape index (κ2) is 11.4. The molecule has 2 amide bonds. The fourth-order valence-electron chi connectivity index (χ4n) is 3.84. The Morgan fingerprint density at radius 2 is 1.54 bits per heavy atom. The minimum atomic E-state index is -0.311. The van der Waals surface area contributed by atoms with E-state index in [2.05, 4.69) is 15.3 Å². The zero-order valence-corrected chi connectivity index (χ0v) is 19.9. The number of benzene rings is 2. The predicted octanol–water partition coefficient (Wildman–Crippen LogP) is 3.53. The molecule has 1 saturated heterocycles. The lowest BCUT2D eigenvalue weighted by Gasteiger charge is -2.33. The fraction of sp³-hybridized carbons (Fsp3) is 0.308. The highest BCUT2D eigenvalue weighted by atomic mass is 16.6. The van der Waals surface area contributed by atoms with Crippen LogP contribution in [-0.4, -0.2) is 78.2 Å². The van der Waals surface area contributed by atoms with Gasteiger partial charge in [0.05, 0.1) is 31.6 Å². The molecule has 0 radical (unpaired) electrons. The average Bonchev–Trinajstić information content (AvgIpc) is 2.89. The smallest absolute Gasteiger partial charge is 0.409 e. The van der Waals surface area contributed by atoms with Crippen molar-refractivity contribution in [1.29, 1.82) is 0 Å². The van der Waals surface area contributed by atoms with Gasteiger partial charge >= 0.3 is 6.09 Å². The lowest BCUT2D eigenvalue weighted by atomic mass is 10.1. The molecule has 0 saturated carbocycles.